The van der Waals surface area contributed by atoms with Crippen molar-refractivity contribution in [1.29, 1.82) is 0 Å². The molecule has 8 heteroatoms. The van der Waals surface area contributed by atoms with Crippen molar-refractivity contribution in [3.05, 3.63) is 35.4 Å². The summed E-state index contributed by atoms with van der Waals surface area (Å²) in [5.41, 5.74) is -3.85. The predicted octanol–water partition coefficient (Wildman–Crippen LogP) is 2.77. The molecule has 1 aliphatic rings. The molecule has 1 aliphatic heterocycles. The van der Waals surface area contributed by atoms with Crippen LogP contribution in [0.25, 0.3) is 0 Å². The number of benzene rings is 1. The van der Waals surface area contributed by atoms with Crippen LogP contribution in [-0.4, -0.2) is 34.6 Å². The molecule has 144 valence electrons. The van der Waals surface area contributed by atoms with Crippen LogP contribution in [0.4, 0.5) is 18.0 Å². The van der Waals surface area contributed by atoms with E-state index in [2.05, 4.69) is 0 Å². The summed E-state index contributed by atoms with van der Waals surface area (Å²) in [6.45, 7) is 4.96. The number of hydrogen-bond donors (Lipinski definition) is 0. The zero-order valence-electron chi connectivity index (χ0n) is 14.9. The Hall–Kier alpha value is -2.25. The second-order valence-corrected chi connectivity index (χ2v) is 7.39. The molecule has 0 saturated carbocycles. The molecular formula is C18H21F3NO4-. The second kappa shape index (κ2) is 6.81. The molecule has 0 bridgehead atoms. The van der Waals surface area contributed by atoms with Gasteiger partial charge in [0.2, 0.25) is 0 Å². The lowest BCUT2D eigenvalue weighted by Crippen LogP contribution is -2.60. The molecule has 0 aromatic heterocycles. The largest absolute Gasteiger partial charge is 0.548 e. The van der Waals surface area contributed by atoms with E-state index in [0.717, 1.165) is 11.0 Å². The van der Waals surface area contributed by atoms with Crippen LogP contribution in [-0.2, 0) is 22.1 Å². The number of amides is 1. The number of rotatable bonds is 3. The minimum absolute atomic E-state index is 0.000762. The fourth-order valence-electron chi connectivity index (χ4n) is 3.20. The average Bonchev–Trinajstić information content (AvgIpc) is 2.90. The van der Waals surface area contributed by atoms with E-state index >= 15 is 0 Å². The van der Waals surface area contributed by atoms with Gasteiger partial charge in [-0.05, 0) is 45.2 Å². The van der Waals surface area contributed by atoms with Crippen molar-refractivity contribution < 1.29 is 32.6 Å². The monoisotopic (exact) mass is 372 g/mol. The van der Waals surface area contributed by atoms with Crippen molar-refractivity contribution in [2.24, 2.45) is 0 Å². The van der Waals surface area contributed by atoms with E-state index in [-0.39, 0.29) is 18.5 Å². The number of carboxylic acids is 1. The lowest BCUT2D eigenvalue weighted by molar-refractivity contribution is -0.317. The first kappa shape index (κ1) is 20.1. The molecule has 1 atom stereocenters. The van der Waals surface area contributed by atoms with Crippen molar-refractivity contribution in [1.82, 2.24) is 4.90 Å². The Morgan fingerprint density at radius 3 is 2.38 bits per heavy atom. The first-order chi connectivity index (χ1) is 11.9. The first-order valence-corrected chi connectivity index (χ1v) is 8.24. The molecular weight excluding hydrogens is 351 g/mol. The molecule has 0 radical (unpaired) electrons. The van der Waals surface area contributed by atoms with Gasteiger partial charge in [-0.25, -0.2) is 4.79 Å². The topological polar surface area (TPSA) is 69.7 Å². The number of carbonyl (C=O) groups excluding carboxylic acids is 2. The molecule has 1 fully saturated rings. The van der Waals surface area contributed by atoms with Gasteiger partial charge in [-0.2, -0.15) is 13.2 Å². The molecule has 0 aliphatic carbocycles. The van der Waals surface area contributed by atoms with Crippen LogP contribution in [0.3, 0.4) is 0 Å². The van der Waals surface area contributed by atoms with Gasteiger partial charge in [-0.15, -0.1) is 0 Å². The number of carboxylic acid groups (broad SMARTS) is 1. The Bertz CT molecular complexity index is 696. The summed E-state index contributed by atoms with van der Waals surface area (Å²) < 4.78 is 45.0. The zero-order valence-corrected chi connectivity index (χ0v) is 14.9. The molecule has 1 amide bonds. The predicted molar refractivity (Wildman–Crippen MR) is 85.1 cm³/mol. The molecule has 0 unspecified atom stereocenters. The van der Waals surface area contributed by atoms with Gasteiger partial charge in [0.15, 0.2) is 0 Å². The highest BCUT2D eigenvalue weighted by Crippen LogP contribution is 2.38. The van der Waals surface area contributed by atoms with Crippen LogP contribution in [0, 0.1) is 0 Å². The number of carbonyl (C=O) groups is 2. The quantitative estimate of drug-likeness (QED) is 0.818. The molecule has 1 heterocycles. The second-order valence-electron chi connectivity index (χ2n) is 7.39. The molecule has 1 aromatic rings. The lowest BCUT2D eigenvalue weighted by atomic mass is 9.86. The molecule has 26 heavy (non-hydrogen) atoms. The van der Waals surface area contributed by atoms with E-state index in [4.69, 9.17) is 4.74 Å². The van der Waals surface area contributed by atoms with E-state index < -0.39 is 41.4 Å². The average molecular weight is 372 g/mol. The SMILES string of the molecule is CC(C)(C)OC(=O)N1CCC[C@]1(Cc1ccccc1C(F)(F)F)C(=O)[O-]. The summed E-state index contributed by atoms with van der Waals surface area (Å²) in [4.78, 5) is 25.4. The highest BCUT2D eigenvalue weighted by molar-refractivity contribution is 5.84. The molecule has 1 saturated heterocycles. The Balaban J connectivity index is 2.42. The maximum absolute atomic E-state index is 13.3. The Labute approximate surface area is 149 Å². The number of alkyl halides is 3. The van der Waals surface area contributed by atoms with Crippen molar-refractivity contribution >= 4 is 12.1 Å². The Morgan fingerprint density at radius 1 is 1.23 bits per heavy atom. The van der Waals surface area contributed by atoms with Crippen molar-refractivity contribution in [3.63, 3.8) is 0 Å². The number of likely N-dealkylation sites (tertiary alicyclic amines) is 1. The van der Waals surface area contributed by atoms with Crippen LogP contribution >= 0.6 is 0 Å². The summed E-state index contributed by atoms with van der Waals surface area (Å²) in [5.74, 6) is -1.59. The van der Waals surface area contributed by atoms with Crippen LogP contribution < -0.4 is 5.11 Å². The summed E-state index contributed by atoms with van der Waals surface area (Å²) in [6.07, 6.45) is -5.66. The number of aliphatic carboxylic acids is 1. The van der Waals surface area contributed by atoms with Gasteiger partial charge in [0, 0.05) is 13.0 Å². The van der Waals surface area contributed by atoms with Crippen LogP contribution in [0.5, 0.6) is 0 Å². The van der Waals surface area contributed by atoms with Crippen LogP contribution in [0.15, 0.2) is 24.3 Å². The van der Waals surface area contributed by atoms with Crippen LogP contribution in [0.1, 0.15) is 44.7 Å². The van der Waals surface area contributed by atoms with Gasteiger partial charge in [0.1, 0.15) is 5.60 Å². The van der Waals surface area contributed by atoms with Gasteiger partial charge < -0.3 is 14.6 Å². The molecule has 2 rings (SSSR count). The summed E-state index contributed by atoms with van der Waals surface area (Å²) >= 11 is 0. The third-order valence-electron chi connectivity index (χ3n) is 4.29. The number of hydrogen-bond acceptors (Lipinski definition) is 4. The number of halogens is 3. The fraction of sp³-hybridized carbons (Fsp3) is 0.556. The lowest BCUT2D eigenvalue weighted by Gasteiger charge is -2.40. The summed E-state index contributed by atoms with van der Waals surface area (Å²) in [5, 5.41) is 11.9. The van der Waals surface area contributed by atoms with Crippen molar-refractivity contribution in [2.75, 3.05) is 6.54 Å². The summed E-state index contributed by atoms with van der Waals surface area (Å²) in [7, 11) is 0. The smallest absolute Gasteiger partial charge is 0.416 e. The van der Waals surface area contributed by atoms with Gasteiger partial charge in [0.05, 0.1) is 17.1 Å². The van der Waals surface area contributed by atoms with E-state index in [9.17, 15) is 27.9 Å². The molecule has 0 spiro atoms. The van der Waals surface area contributed by atoms with Gasteiger partial charge in [-0.3, -0.25) is 4.90 Å². The van der Waals surface area contributed by atoms with Crippen LogP contribution in [0.2, 0.25) is 0 Å². The molecule has 0 N–H and O–H groups in total. The summed E-state index contributed by atoms with van der Waals surface area (Å²) in [6, 6.07) is 4.75. The third-order valence-corrected chi connectivity index (χ3v) is 4.29. The number of nitrogens with zero attached hydrogens (tertiary/aromatic N) is 1. The Kier molecular flexibility index (Phi) is 5.26. The van der Waals surface area contributed by atoms with E-state index in [1.165, 1.54) is 18.2 Å². The third kappa shape index (κ3) is 4.11. The standard InChI is InChI=1S/C18H22F3NO4/c1-16(2,3)26-15(25)22-10-6-9-17(22,14(23)24)11-12-7-4-5-8-13(12)18(19,20)21/h4-5,7-8H,6,9-11H2,1-3H3,(H,23,24)/p-1/t17-/m0/s1. The van der Waals surface area contributed by atoms with E-state index in [1.54, 1.807) is 20.8 Å². The van der Waals surface area contributed by atoms with Gasteiger partial charge >= 0.3 is 12.3 Å². The number of ether oxygens (including phenoxy) is 1. The minimum Gasteiger partial charge on any atom is -0.548 e. The minimum atomic E-state index is -4.63. The first-order valence-electron chi connectivity index (χ1n) is 8.24. The maximum atomic E-state index is 13.3. The van der Waals surface area contributed by atoms with Crippen molar-refractivity contribution in [3.8, 4) is 0 Å². The van der Waals surface area contributed by atoms with Crippen molar-refractivity contribution in [2.45, 2.75) is 57.3 Å². The fourth-order valence-corrected chi connectivity index (χ4v) is 3.20. The normalized spacial score (nSPS) is 20.9. The Morgan fingerprint density at radius 2 is 1.85 bits per heavy atom. The van der Waals surface area contributed by atoms with Gasteiger partial charge in [-0.1, -0.05) is 18.2 Å². The van der Waals surface area contributed by atoms with E-state index in [1.807, 2.05) is 0 Å². The highest BCUT2D eigenvalue weighted by Gasteiger charge is 2.48. The molecule has 5 nitrogen and oxygen atoms in total. The maximum Gasteiger partial charge on any atom is 0.416 e. The highest BCUT2D eigenvalue weighted by atomic mass is 19.4. The zero-order chi connectivity index (χ0) is 19.8. The van der Waals surface area contributed by atoms with E-state index in [0.29, 0.717) is 6.42 Å². The van der Waals surface area contributed by atoms with Gasteiger partial charge in [0.25, 0.3) is 0 Å². The molecule has 1 aromatic carbocycles.